The molecule has 0 saturated heterocycles. The van der Waals surface area contributed by atoms with Crippen LogP contribution >= 0.6 is 0 Å². The van der Waals surface area contributed by atoms with Gasteiger partial charge in [0, 0.05) is 22.4 Å². The monoisotopic (exact) mass is 450 g/mol. The Morgan fingerprint density at radius 2 is 1.85 bits per heavy atom. The maximum absolute atomic E-state index is 13.2. The van der Waals surface area contributed by atoms with Crippen molar-refractivity contribution >= 4 is 16.7 Å². The lowest BCUT2D eigenvalue weighted by molar-refractivity contribution is 0.146. The standard InChI is InChI=1S/C26H24F2N2O3/c1-14-11-18(16(3)29-20-8-5-4-7-17(20)13-31)25-19(12-14)23(32)15(2)24(33-25)21-9-6-10-22(30-21)26(27)28/h4-12,16,26,29,31H,13H2,1-3H3/t16-/m1/s1. The van der Waals surface area contributed by atoms with Gasteiger partial charge in [0.15, 0.2) is 11.2 Å². The maximum Gasteiger partial charge on any atom is 0.280 e. The highest BCUT2D eigenvalue weighted by Gasteiger charge is 2.21. The molecule has 0 amide bonds. The lowest BCUT2D eigenvalue weighted by Crippen LogP contribution is -2.13. The highest BCUT2D eigenvalue weighted by atomic mass is 19.3. The van der Waals surface area contributed by atoms with Crippen molar-refractivity contribution in [3.8, 4) is 11.5 Å². The van der Waals surface area contributed by atoms with Gasteiger partial charge in [-0.3, -0.25) is 4.79 Å². The molecule has 2 aromatic heterocycles. The highest BCUT2D eigenvalue weighted by Crippen LogP contribution is 2.32. The average molecular weight is 450 g/mol. The fourth-order valence-electron chi connectivity index (χ4n) is 3.94. The average Bonchev–Trinajstić information content (AvgIpc) is 2.81. The Labute approximate surface area is 189 Å². The number of hydrogen-bond donors (Lipinski definition) is 2. The van der Waals surface area contributed by atoms with Crippen LogP contribution in [0, 0.1) is 13.8 Å². The van der Waals surface area contributed by atoms with Gasteiger partial charge in [0.05, 0.1) is 18.0 Å². The van der Waals surface area contributed by atoms with Gasteiger partial charge in [0.25, 0.3) is 6.43 Å². The van der Waals surface area contributed by atoms with E-state index in [1.54, 1.807) is 19.1 Å². The predicted molar refractivity (Wildman–Crippen MR) is 125 cm³/mol. The fraction of sp³-hybridized carbons (Fsp3) is 0.231. The van der Waals surface area contributed by atoms with Crippen LogP contribution in [-0.4, -0.2) is 10.1 Å². The van der Waals surface area contributed by atoms with Crippen LogP contribution in [0.3, 0.4) is 0 Å². The van der Waals surface area contributed by atoms with Gasteiger partial charge < -0.3 is 14.8 Å². The van der Waals surface area contributed by atoms with Crippen LogP contribution in [0.1, 0.15) is 47.3 Å². The molecular formula is C26H24F2N2O3. The Morgan fingerprint density at radius 1 is 1.09 bits per heavy atom. The summed E-state index contributed by atoms with van der Waals surface area (Å²) in [6, 6.07) is 15.1. The number of aryl methyl sites for hydroxylation is 1. The molecule has 2 aromatic carbocycles. The number of aliphatic hydroxyl groups is 1. The van der Waals surface area contributed by atoms with Crippen molar-refractivity contribution < 1.29 is 18.3 Å². The number of rotatable bonds is 6. The first-order valence-electron chi connectivity index (χ1n) is 10.6. The topological polar surface area (TPSA) is 75.4 Å². The molecule has 0 bridgehead atoms. The van der Waals surface area contributed by atoms with E-state index < -0.39 is 6.43 Å². The first kappa shape index (κ1) is 22.6. The molecule has 0 radical (unpaired) electrons. The Bertz CT molecular complexity index is 1380. The summed E-state index contributed by atoms with van der Waals surface area (Å²) in [5, 5.41) is 13.4. The third kappa shape index (κ3) is 4.36. The van der Waals surface area contributed by atoms with Crippen molar-refractivity contribution in [2.75, 3.05) is 5.32 Å². The fourth-order valence-corrected chi connectivity index (χ4v) is 3.94. The zero-order chi connectivity index (χ0) is 23.7. The Balaban J connectivity index is 1.89. The van der Waals surface area contributed by atoms with Gasteiger partial charge in [-0.2, -0.15) is 0 Å². The van der Waals surface area contributed by atoms with Crippen molar-refractivity contribution in [1.82, 2.24) is 4.98 Å². The summed E-state index contributed by atoms with van der Waals surface area (Å²) in [7, 11) is 0. The molecule has 0 saturated carbocycles. The highest BCUT2D eigenvalue weighted by molar-refractivity contribution is 5.84. The predicted octanol–water partition coefficient (Wildman–Crippen LogP) is 6.07. The smallest absolute Gasteiger partial charge is 0.280 e. The zero-order valence-electron chi connectivity index (χ0n) is 18.5. The molecule has 2 N–H and O–H groups in total. The lowest BCUT2D eigenvalue weighted by Gasteiger charge is -2.20. The van der Waals surface area contributed by atoms with Gasteiger partial charge >= 0.3 is 0 Å². The van der Waals surface area contributed by atoms with Crippen molar-refractivity contribution in [2.45, 2.75) is 39.8 Å². The van der Waals surface area contributed by atoms with Crippen LogP contribution in [0.5, 0.6) is 0 Å². The summed E-state index contributed by atoms with van der Waals surface area (Å²) in [5.74, 6) is 0.170. The number of halogens is 2. The molecular weight excluding hydrogens is 426 g/mol. The van der Waals surface area contributed by atoms with E-state index in [0.29, 0.717) is 16.5 Å². The first-order chi connectivity index (χ1) is 15.8. The van der Waals surface area contributed by atoms with Crippen LogP contribution < -0.4 is 10.7 Å². The van der Waals surface area contributed by atoms with Gasteiger partial charge in [-0.25, -0.2) is 13.8 Å². The minimum atomic E-state index is -2.73. The summed E-state index contributed by atoms with van der Waals surface area (Å²) in [6.45, 7) is 5.32. The molecule has 2 heterocycles. The number of para-hydroxylation sites is 1. The normalized spacial score (nSPS) is 12.3. The van der Waals surface area contributed by atoms with Crippen LogP contribution in [-0.2, 0) is 6.61 Å². The second kappa shape index (κ2) is 9.11. The summed E-state index contributed by atoms with van der Waals surface area (Å²) in [4.78, 5) is 17.2. The van der Waals surface area contributed by atoms with E-state index in [1.807, 2.05) is 44.2 Å². The van der Waals surface area contributed by atoms with E-state index in [9.17, 15) is 18.7 Å². The van der Waals surface area contributed by atoms with Gasteiger partial charge in [0.2, 0.25) is 0 Å². The number of nitrogens with one attached hydrogen (secondary N) is 1. The minimum absolute atomic E-state index is 0.116. The van der Waals surface area contributed by atoms with Gasteiger partial charge in [-0.05, 0) is 50.6 Å². The molecule has 33 heavy (non-hydrogen) atoms. The Hall–Kier alpha value is -3.58. The molecule has 0 fully saturated rings. The molecule has 1 atom stereocenters. The minimum Gasteiger partial charge on any atom is -0.454 e. The van der Waals surface area contributed by atoms with Crippen LogP contribution in [0.2, 0.25) is 0 Å². The zero-order valence-corrected chi connectivity index (χ0v) is 18.5. The second-order valence-electron chi connectivity index (χ2n) is 8.05. The summed E-state index contributed by atoms with van der Waals surface area (Å²) in [5.41, 5.74) is 3.39. The Morgan fingerprint density at radius 3 is 2.58 bits per heavy atom. The van der Waals surface area contributed by atoms with Crippen molar-refractivity contribution in [3.63, 3.8) is 0 Å². The number of alkyl halides is 2. The SMILES string of the molecule is Cc1cc([C@@H](C)Nc2ccccc2CO)c2oc(-c3cccc(C(F)F)n3)c(C)c(=O)c2c1. The van der Waals surface area contributed by atoms with E-state index in [-0.39, 0.29) is 35.2 Å². The van der Waals surface area contributed by atoms with Crippen molar-refractivity contribution in [3.05, 3.63) is 92.8 Å². The summed E-state index contributed by atoms with van der Waals surface area (Å²) in [6.07, 6.45) is -2.73. The molecule has 0 aliphatic carbocycles. The van der Waals surface area contributed by atoms with E-state index in [0.717, 1.165) is 22.4 Å². The quantitative estimate of drug-likeness (QED) is 0.373. The van der Waals surface area contributed by atoms with E-state index in [2.05, 4.69) is 10.3 Å². The molecule has 7 heteroatoms. The maximum atomic E-state index is 13.2. The largest absolute Gasteiger partial charge is 0.454 e. The van der Waals surface area contributed by atoms with Gasteiger partial charge in [-0.15, -0.1) is 0 Å². The molecule has 4 rings (SSSR count). The second-order valence-corrected chi connectivity index (χ2v) is 8.05. The number of hydrogen-bond acceptors (Lipinski definition) is 5. The number of benzene rings is 2. The van der Waals surface area contributed by atoms with Crippen molar-refractivity contribution in [2.24, 2.45) is 0 Å². The third-order valence-electron chi connectivity index (χ3n) is 5.65. The summed E-state index contributed by atoms with van der Waals surface area (Å²) < 4.78 is 32.6. The number of nitrogens with zero attached hydrogens (tertiary/aromatic N) is 1. The van der Waals surface area contributed by atoms with Gasteiger partial charge in [0.1, 0.15) is 17.0 Å². The third-order valence-corrected chi connectivity index (χ3v) is 5.65. The number of fused-ring (bicyclic) bond motifs is 1. The van der Waals surface area contributed by atoms with Crippen molar-refractivity contribution in [1.29, 1.82) is 0 Å². The van der Waals surface area contributed by atoms with E-state index in [1.165, 1.54) is 12.1 Å². The molecule has 0 aliphatic rings. The molecule has 4 aromatic rings. The molecule has 170 valence electrons. The van der Waals surface area contributed by atoms with Crippen LogP contribution in [0.15, 0.2) is 63.8 Å². The Kier molecular flexibility index (Phi) is 6.24. The number of aromatic nitrogens is 1. The molecule has 0 aliphatic heterocycles. The summed E-state index contributed by atoms with van der Waals surface area (Å²) >= 11 is 0. The number of pyridine rings is 1. The van der Waals surface area contributed by atoms with Crippen LogP contribution in [0.25, 0.3) is 22.4 Å². The van der Waals surface area contributed by atoms with E-state index in [4.69, 9.17) is 4.42 Å². The molecule has 0 spiro atoms. The van der Waals surface area contributed by atoms with E-state index >= 15 is 0 Å². The number of aliphatic hydroxyl groups excluding tert-OH is 1. The number of anilines is 1. The first-order valence-corrected chi connectivity index (χ1v) is 10.6. The lowest BCUT2D eigenvalue weighted by atomic mass is 9.99. The van der Waals surface area contributed by atoms with Crippen LogP contribution in [0.4, 0.5) is 14.5 Å². The van der Waals surface area contributed by atoms with Gasteiger partial charge in [-0.1, -0.05) is 30.3 Å². The molecule has 5 nitrogen and oxygen atoms in total. The molecule has 0 unspecified atom stereocenters.